The molecule has 2 aliphatic heterocycles. The van der Waals surface area contributed by atoms with Crippen LogP contribution in [0.3, 0.4) is 0 Å². The number of ether oxygens (including phenoxy) is 3. The van der Waals surface area contributed by atoms with Crippen molar-refractivity contribution in [3.8, 4) is 0 Å². The SMILES string of the molecule is CC[C@@H](C)C(=O)O[C@@H]1C[C@@H](C)[C@]2(C[C@H](c3ccoc3)OC2=O)[C@@]2(O)CC[C@H]3O[C@@]3(C)[C@@]12C. The largest absolute Gasteiger partial charge is 0.472 e. The van der Waals surface area contributed by atoms with E-state index in [0.717, 1.165) is 5.56 Å². The molecular weight excluding hydrogens is 412 g/mol. The zero-order chi connectivity index (χ0) is 23.1. The lowest BCUT2D eigenvalue weighted by Crippen LogP contribution is -2.76. The average molecular weight is 447 g/mol. The molecule has 1 spiro atoms. The van der Waals surface area contributed by atoms with Gasteiger partial charge in [0.2, 0.25) is 0 Å². The summed E-state index contributed by atoms with van der Waals surface area (Å²) in [5, 5.41) is 12.6. The van der Waals surface area contributed by atoms with Crippen molar-refractivity contribution in [3.05, 3.63) is 24.2 Å². The van der Waals surface area contributed by atoms with E-state index in [-0.39, 0.29) is 29.9 Å². The number of carbonyl (C=O) groups excluding carboxylic acids is 2. The van der Waals surface area contributed by atoms with Gasteiger partial charge in [-0.2, -0.15) is 0 Å². The molecule has 2 saturated carbocycles. The Kier molecular flexibility index (Phi) is 4.68. The van der Waals surface area contributed by atoms with E-state index in [4.69, 9.17) is 18.6 Å². The molecule has 5 rings (SSSR count). The molecule has 1 aromatic heterocycles. The van der Waals surface area contributed by atoms with Gasteiger partial charge in [-0.1, -0.05) is 27.7 Å². The van der Waals surface area contributed by atoms with Crippen LogP contribution >= 0.6 is 0 Å². The first kappa shape index (κ1) is 22.0. The van der Waals surface area contributed by atoms with Gasteiger partial charge in [0.05, 0.1) is 35.6 Å². The molecule has 4 aliphatic rings. The maximum absolute atomic E-state index is 13.6. The van der Waals surface area contributed by atoms with Crippen LogP contribution in [-0.4, -0.2) is 40.5 Å². The molecule has 32 heavy (non-hydrogen) atoms. The zero-order valence-corrected chi connectivity index (χ0v) is 19.6. The third-order valence-electron chi connectivity index (χ3n) is 9.70. The van der Waals surface area contributed by atoms with Crippen molar-refractivity contribution in [1.29, 1.82) is 0 Å². The Labute approximate surface area is 188 Å². The Morgan fingerprint density at radius 2 is 2.12 bits per heavy atom. The highest BCUT2D eigenvalue weighted by Crippen LogP contribution is 2.74. The number of cyclic esters (lactones) is 1. The molecule has 1 N–H and O–H groups in total. The fraction of sp³-hybridized carbons (Fsp3) is 0.760. The third kappa shape index (κ3) is 2.44. The summed E-state index contributed by atoms with van der Waals surface area (Å²) >= 11 is 0. The number of epoxide rings is 1. The normalized spacial score (nSPS) is 48.0. The Balaban J connectivity index is 1.59. The number of hydrogen-bond acceptors (Lipinski definition) is 7. The number of carbonyl (C=O) groups is 2. The summed E-state index contributed by atoms with van der Waals surface area (Å²) in [7, 11) is 0. The zero-order valence-electron chi connectivity index (χ0n) is 19.6. The molecule has 9 atom stereocenters. The van der Waals surface area contributed by atoms with Crippen molar-refractivity contribution in [3.63, 3.8) is 0 Å². The number of hydrogen-bond donors (Lipinski definition) is 1. The van der Waals surface area contributed by atoms with Crippen molar-refractivity contribution in [2.45, 2.75) is 96.2 Å². The number of esters is 2. The van der Waals surface area contributed by atoms with E-state index in [9.17, 15) is 14.7 Å². The molecule has 0 amide bonds. The lowest BCUT2D eigenvalue weighted by atomic mass is 9.40. The first-order valence-electron chi connectivity index (χ1n) is 11.9. The van der Waals surface area contributed by atoms with Gasteiger partial charge in [-0.3, -0.25) is 9.59 Å². The molecule has 176 valence electrons. The lowest BCUT2D eigenvalue weighted by Gasteiger charge is -2.64. The number of rotatable bonds is 4. The van der Waals surface area contributed by atoms with Crippen molar-refractivity contribution in [2.75, 3.05) is 0 Å². The van der Waals surface area contributed by atoms with E-state index in [1.807, 2.05) is 34.6 Å². The fourth-order valence-electron chi connectivity index (χ4n) is 7.13. The number of furan rings is 1. The Morgan fingerprint density at radius 3 is 2.78 bits per heavy atom. The van der Waals surface area contributed by atoms with E-state index in [1.165, 1.54) is 0 Å². The Hall–Kier alpha value is -1.86. The van der Waals surface area contributed by atoms with Crippen molar-refractivity contribution in [2.24, 2.45) is 22.7 Å². The van der Waals surface area contributed by atoms with Gasteiger partial charge >= 0.3 is 11.9 Å². The smallest absolute Gasteiger partial charge is 0.316 e. The molecule has 2 aliphatic carbocycles. The molecule has 0 aromatic carbocycles. The minimum Gasteiger partial charge on any atom is -0.472 e. The maximum atomic E-state index is 13.6. The summed E-state index contributed by atoms with van der Waals surface area (Å²) in [6, 6.07) is 1.80. The van der Waals surface area contributed by atoms with Crippen LogP contribution < -0.4 is 0 Å². The van der Waals surface area contributed by atoms with E-state index >= 15 is 0 Å². The monoisotopic (exact) mass is 446 g/mol. The average Bonchev–Trinajstić information content (AvgIpc) is 3.11. The van der Waals surface area contributed by atoms with Gasteiger partial charge < -0.3 is 23.7 Å². The highest BCUT2D eigenvalue weighted by atomic mass is 16.6. The lowest BCUT2D eigenvalue weighted by molar-refractivity contribution is -0.277. The van der Waals surface area contributed by atoms with Crippen LogP contribution in [0.15, 0.2) is 23.0 Å². The van der Waals surface area contributed by atoms with Crippen LogP contribution in [0.1, 0.15) is 78.4 Å². The van der Waals surface area contributed by atoms with Gasteiger partial charge in [0.25, 0.3) is 0 Å². The van der Waals surface area contributed by atoms with Gasteiger partial charge in [-0.25, -0.2) is 0 Å². The molecule has 0 radical (unpaired) electrons. The minimum atomic E-state index is -1.44. The van der Waals surface area contributed by atoms with Crippen molar-refractivity contribution in [1.82, 2.24) is 0 Å². The molecule has 2 saturated heterocycles. The standard InChI is InChI=1S/C25H34O7/c1-6-14(2)20(26)31-19-11-15(3)24(12-17(30-21(24)27)16-8-10-29-13-16)25(28)9-7-18-23(5,32-18)22(19,25)4/h8,10,13-15,17-19,28H,6-7,9,11-12H2,1-5H3/t14-,15-,17-,18-,19-,22-,23-,24+,25-/m1/s1. The Morgan fingerprint density at radius 1 is 1.38 bits per heavy atom. The fourth-order valence-corrected chi connectivity index (χ4v) is 7.13. The first-order chi connectivity index (χ1) is 15.0. The topological polar surface area (TPSA) is 98.5 Å². The van der Waals surface area contributed by atoms with Crippen molar-refractivity contribution < 1.29 is 33.3 Å². The predicted molar refractivity (Wildman–Crippen MR) is 113 cm³/mol. The summed E-state index contributed by atoms with van der Waals surface area (Å²) < 4.78 is 23.4. The summed E-state index contributed by atoms with van der Waals surface area (Å²) in [6.45, 7) is 9.72. The van der Waals surface area contributed by atoms with E-state index in [1.54, 1.807) is 18.6 Å². The maximum Gasteiger partial charge on any atom is 0.316 e. The number of aliphatic hydroxyl groups is 1. The van der Waals surface area contributed by atoms with E-state index < -0.39 is 34.2 Å². The Bertz CT molecular complexity index is 927. The second-order valence-corrected chi connectivity index (χ2v) is 10.8. The number of fused-ring (bicyclic) bond motifs is 4. The molecule has 4 fully saturated rings. The second-order valence-electron chi connectivity index (χ2n) is 10.8. The van der Waals surface area contributed by atoms with Gasteiger partial charge in [0.15, 0.2) is 0 Å². The summed E-state index contributed by atoms with van der Waals surface area (Å²) in [6.07, 6.45) is 4.70. The van der Waals surface area contributed by atoms with Gasteiger partial charge in [0, 0.05) is 12.0 Å². The third-order valence-corrected chi connectivity index (χ3v) is 9.70. The van der Waals surface area contributed by atoms with E-state index in [0.29, 0.717) is 32.1 Å². The minimum absolute atomic E-state index is 0.00914. The summed E-state index contributed by atoms with van der Waals surface area (Å²) in [5.74, 6) is -1.11. The molecule has 7 heteroatoms. The summed E-state index contributed by atoms with van der Waals surface area (Å²) in [5.41, 5.74) is -3.36. The molecule has 3 heterocycles. The highest BCUT2D eigenvalue weighted by Gasteiger charge is 2.85. The van der Waals surface area contributed by atoms with Crippen LogP contribution in [0.5, 0.6) is 0 Å². The van der Waals surface area contributed by atoms with Crippen LogP contribution in [0, 0.1) is 22.7 Å². The molecule has 0 unspecified atom stereocenters. The van der Waals surface area contributed by atoms with Crippen LogP contribution in [0.25, 0.3) is 0 Å². The van der Waals surface area contributed by atoms with Crippen LogP contribution in [-0.2, 0) is 23.8 Å². The van der Waals surface area contributed by atoms with E-state index in [2.05, 4.69) is 0 Å². The first-order valence-corrected chi connectivity index (χ1v) is 11.9. The quantitative estimate of drug-likeness (QED) is 0.552. The highest BCUT2D eigenvalue weighted by molar-refractivity contribution is 5.82. The molecule has 1 aromatic rings. The second kappa shape index (κ2) is 6.83. The van der Waals surface area contributed by atoms with Gasteiger partial charge in [-0.05, 0) is 44.6 Å². The summed E-state index contributed by atoms with van der Waals surface area (Å²) in [4.78, 5) is 26.4. The van der Waals surface area contributed by atoms with Crippen molar-refractivity contribution >= 4 is 11.9 Å². The van der Waals surface area contributed by atoms with Crippen LogP contribution in [0.4, 0.5) is 0 Å². The molecule has 7 nitrogen and oxygen atoms in total. The van der Waals surface area contributed by atoms with Gasteiger partial charge in [0.1, 0.15) is 23.2 Å². The molecule has 0 bridgehead atoms. The molecular formula is C25H34O7. The van der Waals surface area contributed by atoms with Gasteiger partial charge in [-0.15, -0.1) is 0 Å². The predicted octanol–water partition coefficient (Wildman–Crippen LogP) is 3.94. The van der Waals surface area contributed by atoms with Crippen LogP contribution in [0.2, 0.25) is 0 Å².